The van der Waals surface area contributed by atoms with Crippen molar-refractivity contribution >= 4 is 31.9 Å². The second kappa shape index (κ2) is 5.26. The van der Waals surface area contributed by atoms with E-state index in [1.807, 2.05) is 25.1 Å². The molecule has 0 aliphatic heterocycles. The van der Waals surface area contributed by atoms with Gasteiger partial charge in [0.1, 0.15) is 0 Å². The van der Waals surface area contributed by atoms with E-state index >= 15 is 0 Å². The molecule has 4 heteroatoms. The Morgan fingerprint density at radius 3 is 2.50 bits per heavy atom. The van der Waals surface area contributed by atoms with E-state index in [1.165, 1.54) is 0 Å². The van der Waals surface area contributed by atoms with Gasteiger partial charge in [0.05, 0.1) is 6.10 Å². The Kier molecular flexibility index (Phi) is 4.57. The molecule has 1 aromatic rings. The molecule has 2 atom stereocenters. The molecule has 0 radical (unpaired) electrons. The molecule has 0 bridgehead atoms. The summed E-state index contributed by atoms with van der Waals surface area (Å²) in [6.07, 6.45) is 0.166. The van der Waals surface area contributed by atoms with Gasteiger partial charge < -0.3 is 10.8 Å². The summed E-state index contributed by atoms with van der Waals surface area (Å²) in [5, 5.41) is 9.84. The van der Waals surface area contributed by atoms with Crippen molar-refractivity contribution in [3.05, 3.63) is 32.7 Å². The molecule has 2 unspecified atom stereocenters. The van der Waals surface area contributed by atoms with Crippen LogP contribution in [0.4, 0.5) is 0 Å². The minimum absolute atomic E-state index is 0.205. The Bertz CT molecular complexity index is 317. The zero-order valence-corrected chi connectivity index (χ0v) is 11.0. The number of rotatable bonds is 3. The van der Waals surface area contributed by atoms with Crippen LogP contribution in [0.3, 0.4) is 0 Å². The van der Waals surface area contributed by atoms with Gasteiger partial charge in [-0.25, -0.2) is 0 Å². The van der Waals surface area contributed by atoms with E-state index < -0.39 is 6.10 Å². The molecule has 0 aliphatic rings. The standard InChI is InChI=1S/C10H13Br2NO/c1-2-9(13)10(14)6-3-4-7(11)8(12)5-6/h3-5,9-10,14H,2,13H2,1H3. The van der Waals surface area contributed by atoms with E-state index in [-0.39, 0.29) is 6.04 Å². The third-order valence-electron chi connectivity index (χ3n) is 2.16. The zero-order chi connectivity index (χ0) is 10.7. The lowest BCUT2D eigenvalue weighted by Crippen LogP contribution is -2.27. The third kappa shape index (κ3) is 2.79. The van der Waals surface area contributed by atoms with Crippen LogP contribution in [0.2, 0.25) is 0 Å². The number of nitrogens with two attached hydrogens (primary N) is 1. The number of benzene rings is 1. The fourth-order valence-corrected chi connectivity index (χ4v) is 1.81. The lowest BCUT2D eigenvalue weighted by atomic mass is 10.0. The van der Waals surface area contributed by atoms with Crippen molar-refractivity contribution in [1.82, 2.24) is 0 Å². The van der Waals surface area contributed by atoms with Crippen molar-refractivity contribution in [3.8, 4) is 0 Å². The molecule has 14 heavy (non-hydrogen) atoms. The Labute approximate surface area is 101 Å². The Hall–Kier alpha value is 0.1000. The van der Waals surface area contributed by atoms with Crippen molar-refractivity contribution in [2.24, 2.45) is 5.73 Å². The average Bonchev–Trinajstić information content (AvgIpc) is 2.20. The molecule has 0 aromatic heterocycles. The smallest absolute Gasteiger partial charge is 0.0941 e. The lowest BCUT2D eigenvalue weighted by molar-refractivity contribution is 0.144. The summed E-state index contributed by atoms with van der Waals surface area (Å²) in [6, 6.07) is 5.44. The zero-order valence-electron chi connectivity index (χ0n) is 7.87. The van der Waals surface area contributed by atoms with Crippen LogP contribution in [0.5, 0.6) is 0 Å². The topological polar surface area (TPSA) is 46.2 Å². The van der Waals surface area contributed by atoms with Crippen LogP contribution in [0.1, 0.15) is 25.0 Å². The summed E-state index contributed by atoms with van der Waals surface area (Å²) < 4.78 is 1.90. The van der Waals surface area contributed by atoms with Crippen LogP contribution in [0.25, 0.3) is 0 Å². The first-order valence-corrected chi connectivity index (χ1v) is 6.03. The molecule has 0 heterocycles. The van der Waals surface area contributed by atoms with Crippen molar-refractivity contribution in [1.29, 1.82) is 0 Å². The van der Waals surface area contributed by atoms with Gasteiger partial charge in [0.25, 0.3) is 0 Å². The quantitative estimate of drug-likeness (QED) is 0.898. The number of halogens is 2. The summed E-state index contributed by atoms with van der Waals surface area (Å²) in [5.41, 5.74) is 6.60. The van der Waals surface area contributed by atoms with E-state index in [0.29, 0.717) is 0 Å². The summed E-state index contributed by atoms with van der Waals surface area (Å²) >= 11 is 6.76. The minimum atomic E-state index is -0.593. The molecule has 0 fully saturated rings. The van der Waals surface area contributed by atoms with Gasteiger partial charge in [0.2, 0.25) is 0 Å². The molecular formula is C10H13Br2NO. The van der Waals surface area contributed by atoms with Crippen LogP contribution in [0, 0.1) is 0 Å². The number of aliphatic hydroxyl groups is 1. The molecule has 1 rings (SSSR count). The van der Waals surface area contributed by atoms with Crippen LogP contribution in [-0.2, 0) is 0 Å². The third-order valence-corrected chi connectivity index (χ3v) is 4.04. The molecule has 3 N–H and O–H groups in total. The Morgan fingerprint density at radius 1 is 1.36 bits per heavy atom. The van der Waals surface area contributed by atoms with E-state index in [0.717, 1.165) is 20.9 Å². The number of hydrogen-bond donors (Lipinski definition) is 2. The van der Waals surface area contributed by atoms with Crippen LogP contribution in [0.15, 0.2) is 27.1 Å². The molecule has 0 aliphatic carbocycles. The molecular weight excluding hydrogens is 310 g/mol. The molecule has 2 nitrogen and oxygen atoms in total. The summed E-state index contributed by atoms with van der Waals surface area (Å²) in [6.45, 7) is 1.96. The Balaban J connectivity index is 2.91. The summed E-state index contributed by atoms with van der Waals surface area (Å²) in [4.78, 5) is 0. The van der Waals surface area contributed by atoms with Crippen molar-refractivity contribution in [2.45, 2.75) is 25.5 Å². The predicted octanol–water partition coefficient (Wildman–Crippen LogP) is 2.98. The van der Waals surface area contributed by atoms with Gasteiger partial charge >= 0.3 is 0 Å². The van der Waals surface area contributed by atoms with E-state index in [4.69, 9.17) is 5.73 Å². The summed E-state index contributed by atoms with van der Waals surface area (Å²) in [5.74, 6) is 0. The fourth-order valence-electron chi connectivity index (χ4n) is 1.17. The van der Waals surface area contributed by atoms with Gasteiger partial charge in [-0.1, -0.05) is 13.0 Å². The average molecular weight is 323 g/mol. The first kappa shape index (κ1) is 12.2. The SMILES string of the molecule is CCC(N)C(O)c1ccc(Br)c(Br)c1. The number of aliphatic hydroxyl groups excluding tert-OH is 1. The van der Waals surface area contributed by atoms with Crippen LogP contribution in [-0.4, -0.2) is 11.1 Å². The molecule has 0 saturated heterocycles. The van der Waals surface area contributed by atoms with Gasteiger partial charge in [0, 0.05) is 15.0 Å². The molecule has 0 amide bonds. The fraction of sp³-hybridized carbons (Fsp3) is 0.400. The monoisotopic (exact) mass is 321 g/mol. The van der Waals surface area contributed by atoms with Gasteiger partial charge in [-0.2, -0.15) is 0 Å². The first-order valence-electron chi connectivity index (χ1n) is 4.44. The predicted molar refractivity (Wildman–Crippen MR) is 65.1 cm³/mol. The van der Waals surface area contributed by atoms with Gasteiger partial charge in [0.15, 0.2) is 0 Å². The van der Waals surface area contributed by atoms with Crippen LogP contribution >= 0.6 is 31.9 Å². The second-order valence-corrected chi connectivity index (χ2v) is 4.90. The highest BCUT2D eigenvalue weighted by molar-refractivity contribution is 9.13. The maximum absolute atomic E-state index is 9.84. The largest absolute Gasteiger partial charge is 0.387 e. The number of hydrogen-bond acceptors (Lipinski definition) is 2. The molecule has 0 spiro atoms. The minimum Gasteiger partial charge on any atom is -0.387 e. The molecule has 1 aromatic carbocycles. The summed E-state index contributed by atoms with van der Waals surface area (Å²) in [7, 11) is 0. The van der Waals surface area contributed by atoms with Gasteiger partial charge in [-0.3, -0.25) is 0 Å². The highest BCUT2D eigenvalue weighted by Gasteiger charge is 2.15. The van der Waals surface area contributed by atoms with Crippen LogP contribution < -0.4 is 5.73 Å². The highest BCUT2D eigenvalue weighted by atomic mass is 79.9. The Morgan fingerprint density at radius 2 is 2.00 bits per heavy atom. The lowest BCUT2D eigenvalue weighted by Gasteiger charge is -2.17. The second-order valence-electron chi connectivity index (χ2n) is 3.19. The van der Waals surface area contributed by atoms with Gasteiger partial charge in [-0.15, -0.1) is 0 Å². The van der Waals surface area contributed by atoms with E-state index in [1.54, 1.807) is 0 Å². The first-order chi connectivity index (χ1) is 6.56. The maximum atomic E-state index is 9.84. The van der Waals surface area contributed by atoms with Crippen molar-refractivity contribution < 1.29 is 5.11 Å². The van der Waals surface area contributed by atoms with Crippen molar-refractivity contribution in [2.75, 3.05) is 0 Å². The van der Waals surface area contributed by atoms with E-state index in [9.17, 15) is 5.11 Å². The normalized spacial score (nSPS) is 15.2. The van der Waals surface area contributed by atoms with E-state index in [2.05, 4.69) is 31.9 Å². The van der Waals surface area contributed by atoms with Crippen molar-refractivity contribution in [3.63, 3.8) is 0 Å². The maximum Gasteiger partial charge on any atom is 0.0941 e. The highest BCUT2D eigenvalue weighted by Crippen LogP contribution is 2.27. The van der Waals surface area contributed by atoms with Gasteiger partial charge in [-0.05, 0) is 56.0 Å². The molecule has 0 saturated carbocycles. The molecule has 78 valence electrons.